The van der Waals surface area contributed by atoms with Crippen LogP contribution in [0.15, 0.2) is 42.6 Å². The van der Waals surface area contributed by atoms with E-state index < -0.39 is 17.6 Å². The van der Waals surface area contributed by atoms with Crippen molar-refractivity contribution in [1.82, 2.24) is 10.3 Å². The Balaban J connectivity index is 1.84. The Kier molecular flexibility index (Phi) is 5.37. The number of aromatic nitrogens is 1. The van der Waals surface area contributed by atoms with Crippen molar-refractivity contribution in [2.24, 2.45) is 0 Å². The van der Waals surface area contributed by atoms with Crippen LogP contribution in [-0.4, -0.2) is 24.0 Å². The van der Waals surface area contributed by atoms with E-state index in [1.807, 2.05) is 6.07 Å². The molecule has 1 heterocycles. The second-order valence-electron chi connectivity index (χ2n) is 4.77. The van der Waals surface area contributed by atoms with Gasteiger partial charge in [0.25, 0.3) is 5.91 Å². The van der Waals surface area contributed by atoms with Gasteiger partial charge in [-0.3, -0.25) is 4.79 Å². The third-order valence-corrected chi connectivity index (χ3v) is 3.11. The topological polar surface area (TPSA) is 77.8 Å². The molecular weight excluding hydrogens is 321 g/mol. The minimum absolute atomic E-state index is 0.138. The molecule has 0 aliphatic heterocycles. The summed E-state index contributed by atoms with van der Waals surface area (Å²) in [5.74, 6) is -0.0733. The summed E-state index contributed by atoms with van der Waals surface area (Å²) in [7, 11) is 0. The van der Waals surface area contributed by atoms with E-state index in [4.69, 9.17) is 5.26 Å². The summed E-state index contributed by atoms with van der Waals surface area (Å²) in [6.45, 7) is 0.541. The maximum atomic E-state index is 12.5. The smallest absolute Gasteiger partial charge is 0.367 e. The highest BCUT2D eigenvalue weighted by molar-refractivity contribution is 5.94. The Hall–Kier alpha value is -3.08. The molecule has 1 aromatic carbocycles. The molecule has 0 fully saturated rings. The minimum Gasteiger partial charge on any atom is -0.367 e. The predicted molar refractivity (Wildman–Crippen MR) is 81.2 cm³/mol. The summed E-state index contributed by atoms with van der Waals surface area (Å²) >= 11 is 0. The van der Waals surface area contributed by atoms with Crippen LogP contribution in [0.2, 0.25) is 0 Å². The van der Waals surface area contributed by atoms with Crippen LogP contribution in [-0.2, 0) is 6.18 Å². The average molecular weight is 334 g/mol. The van der Waals surface area contributed by atoms with Crippen LogP contribution in [0, 0.1) is 11.3 Å². The van der Waals surface area contributed by atoms with E-state index in [2.05, 4.69) is 15.6 Å². The molecule has 0 radical (unpaired) electrons. The van der Waals surface area contributed by atoms with Crippen molar-refractivity contribution in [3.8, 4) is 6.07 Å². The number of nitrogens with one attached hydrogen (secondary N) is 2. The summed E-state index contributed by atoms with van der Waals surface area (Å²) in [5, 5.41) is 14.4. The van der Waals surface area contributed by atoms with Crippen molar-refractivity contribution < 1.29 is 18.0 Å². The van der Waals surface area contributed by atoms with Crippen LogP contribution >= 0.6 is 0 Å². The number of benzene rings is 1. The molecule has 0 atom stereocenters. The van der Waals surface area contributed by atoms with E-state index in [1.165, 1.54) is 6.20 Å². The molecule has 2 rings (SSSR count). The van der Waals surface area contributed by atoms with Crippen LogP contribution in [0.3, 0.4) is 0 Å². The highest BCUT2D eigenvalue weighted by Gasteiger charge is 2.30. The number of carbonyl (C=O) groups excluding carboxylic acids is 1. The fourth-order valence-electron chi connectivity index (χ4n) is 1.91. The van der Waals surface area contributed by atoms with Crippen molar-refractivity contribution in [3.05, 3.63) is 59.3 Å². The van der Waals surface area contributed by atoms with Crippen LogP contribution < -0.4 is 10.6 Å². The number of anilines is 1. The number of halogens is 3. The molecule has 0 saturated carbocycles. The molecule has 2 N–H and O–H groups in total. The summed E-state index contributed by atoms with van der Waals surface area (Å²) < 4.78 is 37.4. The van der Waals surface area contributed by atoms with E-state index in [0.29, 0.717) is 17.9 Å². The van der Waals surface area contributed by atoms with Crippen molar-refractivity contribution in [2.75, 3.05) is 18.4 Å². The van der Waals surface area contributed by atoms with Gasteiger partial charge >= 0.3 is 6.18 Å². The van der Waals surface area contributed by atoms with Gasteiger partial charge in [-0.2, -0.15) is 18.4 Å². The van der Waals surface area contributed by atoms with Gasteiger partial charge in [0.2, 0.25) is 0 Å². The maximum absolute atomic E-state index is 12.5. The zero-order valence-corrected chi connectivity index (χ0v) is 12.4. The van der Waals surface area contributed by atoms with Crippen LogP contribution in [0.4, 0.5) is 19.0 Å². The largest absolute Gasteiger partial charge is 0.416 e. The normalized spacial score (nSPS) is 10.8. The fraction of sp³-hybridized carbons (Fsp3) is 0.188. The molecule has 1 aromatic heterocycles. The van der Waals surface area contributed by atoms with Crippen molar-refractivity contribution in [2.45, 2.75) is 6.18 Å². The third kappa shape index (κ3) is 4.46. The van der Waals surface area contributed by atoms with Crippen LogP contribution in [0.1, 0.15) is 21.5 Å². The lowest BCUT2D eigenvalue weighted by Gasteiger charge is -2.09. The van der Waals surface area contributed by atoms with Gasteiger partial charge in [0.05, 0.1) is 11.1 Å². The molecule has 8 heteroatoms. The van der Waals surface area contributed by atoms with Gasteiger partial charge in [-0.05, 0) is 36.4 Å². The molecule has 0 spiro atoms. The van der Waals surface area contributed by atoms with Crippen molar-refractivity contribution in [1.29, 1.82) is 5.26 Å². The molecule has 2 aromatic rings. The number of nitrogens with zero attached hydrogens (tertiary/aromatic N) is 2. The Bertz CT molecular complexity index is 751. The summed E-state index contributed by atoms with van der Waals surface area (Å²) in [6, 6.07) is 9.20. The Morgan fingerprint density at radius 2 is 1.88 bits per heavy atom. The molecule has 124 valence electrons. The number of hydrogen-bond donors (Lipinski definition) is 2. The number of carbonyl (C=O) groups is 1. The van der Waals surface area contributed by atoms with E-state index in [1.54, 1.807) is 12.1 Å². The lowest BCUT2D eigenvalue weighted by Crippen LogP contribution is -2.29. The van der Waals surface area contributed by atoms with Gasteiger partial charge < -0.3 is 10.6 Å². The van der Waals surface area contributed by atoms with Crippen LogP contribution in [0.25, 0.3) is 0 Å². The second-order valence-corrected chi connectivity index (χ2v) is 4.77. The van der Waals surface area contributed by atoms with Crippen molar-refractivity contribution >= 4 is 11.7 Å². The molecule has 1 amide bonds. The fourth-order valence-corrected chi connectivity index (χ4v) is 1.91. The van der Waals surface area contributed by atoms with E-state index >= 15 is 0 Å². The first-order valence-corrected chi connectivity index (χ1v) is 6.96. The molecule has 0 bridgehead atoms. The standard InChI is InChI=1S/C16H13F3N4O/c17-16(18,19)13-5-3-11(4-6-13)15(24)23-9-8-22-14-12(10-20)2-1-7-21-14/h1-7H,8-9H2,(H,21,22)(H,23,24). The second kappa shape index (κ2) is 7.46. The molecule has 24 heavy (non-hydrogen) atoms. The molecule has 0 saturated heterocycles. The number of nitriles is 1. The van der Waals surface area contributed by atoms with Gasteiger partial charge in [0.15, 0.2) is 0 Å². The highest BCUT2D eigenvalue weighted by Crippen LogP contribution is 2.29. The third-order valence-electron chi connectivity index (χ3n) is 3.11. The van der Waals surface area contributed by atoms with Gasteiger partial charge in [0.1, 0.15) is 11.9 Å². The highest BCUT2D eigenvalue weighted by atomic mass is 19.4. The maximum Gasteiger partial charge on any atom is 0.416 e. The number of pyridine rings is 1. The molecule has 5 nitrogen and oxygen atoms in total. The summed E-state index contributed by atoms with van der Waals surface area (Å²) in [5.41, 5.74) is -0.287. The molecular formula is C16H13F3N4O. The first kappa shape index (κ1) is 17.3. The Morgan fingerprint density at radius 3 is 2.50 bits per heavy atom. The lowest BCUT2D eigenvalue weighted by molar-refractivity contribution is -0.137. The average Bonchev–Trinajstić information content (AvgIpc) is 2.58. The van der Waals surface area contributed by atoms with Gasteiger partial charge in [-0.25, -0.2) is 4.98 Å². The zero-order valence-electron chi connectivity index (χ0n) is 12.4. The van der Waals surface area contributed by atoms with E-state index in [-0.39, 0.29) is 12.1 Å². The molecule has 0 aliphatic rings. The zero-order chi connectivity index (χ0) is 17.6. The minimum atomic E-state index is -4.43. The number of rotatable bonds is 5. The van der Waals surface area contributed by atoms with Crippen LogP contribution in [0.5, 0.6) is 0 Å². The first-order valence-electron chi connectivity index (χ1n) is 6.96. The summed E-state index contributed by atoms with van der Waals surface area (Å²) in [4.78, 5) is 15.9. The van der Waals surface area contributed by atoms with Gasteiger partial charge in [-0.15, -0.1) is 0 Å². The van der Waals surface area contributed by atoms with Gasteiger partial charge in [0, 0.05) is 24.8 Å². The number of hydrogen-bond acceptors (Lipinski definition) is 4. The van der Waals surface area contributed by atoms with E-state index in [0.717, 1.165) is 24.3 Å². The Morgan fingerprint density at radius 1 is 1.17 bits per heavy atom. The quantitative estimate of drug-likeness (QED) is 0.824. The molecule has 0 unspecified atom stereocenters. The summed E-state index contributed by atoms with van der Waals surface area (Å²) in [6.07, 6.45) is -2.90. The van der Waals surface area contributed by atoms with E-state index in [9.17, 15) is 18.0 Å². The van der Waals surface area contributed by atoms with Crippen molar-refractivity contribution in [3.63, 3.8) is 0 Å². The Labute approximate surface area is 136 Å². The predicted octanol–water partition coefficient (Wildman–Crippen LogP) is 2.81. The SMILES string of the molecule is N#Cc1cccnc1NCCNC(=O)c1ccc(C(F)(F)F)cc1. The number of amides is 1. The monoisotopic (exact) mass is 334 g/mol. The molecule has 0 aliphatic carbocycles. The number of alkyl halides is 3. The van der Waals surface area contributed by atoms with Gasteiger partial charge in [-0.1, -0.05) is 0 Å². The first-order chi connectivity index (χ1) is 11.4. The lowest BCUT2D eigenvalue weighted by atomic mass is 10.1.